The van der Waals surface area contributed by atoms with Crippen LogP contribution in [-0.2, 0) is 14.3 Å². The molecular weight excluding hydrogens is 266 g/mol. The van der Waals surface area contributed by atoms with Gasteiger partial charge in [-0.2, -0.15) is 0 Å². The van der Waals surface area contributed by atoms with Crippen molar-refractivity contribution < 1.29 is 14.3 Å². The topological polar surface area (TPSA) is 38.8 Å². The molecule has 1 unspecified atom stereocenters. The summed E-state index contributed by atoms with van der Waals surface area (Å²) in [5.74, 6) is 0.512. The van der Waals surface area contributed by atoms with E-state index >= 15 is 0 Å². The number of likely N-dealkylation sites (tertiary alicyclic amines) is 1. The molecule has 0 aromatic rings. The number of allylic oxidation sites excluding steroid dienone is 1. The molecule has 1 aliphatic heterocycles. The van der Waals surface area contributed by atoms with Crippen molar-refractivity contribution in [2.45, 2.75) is 40.0 Å². The first-order valence-electron chi connectivity index (χ1n) is 8.09. The molecule has 4 heteroatoms. The molecule has 1 saturated heterocycles. The van der Waals surface area contributed by atoms with Gasteiger partial charge in [0.1, 0.15) is 0 Å². The van der Waals surface area contributed by atoms with Crippen LogP contribution in [0.25, 0.3) is 0 Å². The molecule has 0 bridgehead atoms. The SMILES string of the molecule is CCOC(=O)C1(CCOC)CCCN(C/C=C/C(C)C)C1. The Labute approximate surface area is 129 Å². The zero-order valence-electron chi connectivity index (χ0n) is 14.1. The highest BCUT2D eigenvalue weighted by Gasteiger charge is 2.42. The summed E-state index contributed by atoms with van der Waals surface area (Å²) in [6.45, 7) is 10.0. The van der Waals surface area contributed by atoms with E-state index in [1.54, 1.807) is 7.11 Å². The van der Waals surface area contributed by atoms with Gasteiger partial charge in [-0.1, -0.05) is 26.0 Å². The fourth-order valence-electron chi connectivity index (χ4n) is 2.92. The Morgan fingerprint density at radius 1 is 1.43 bits per heavy atom. The Bertz CT molecular complexity index is 341. The normalized spacial score (nSPS) is 23.9. The van der Waals surface area contributed by atoms with Crippen LogP contribution in [0.1, 0.15) is 40.0 Å². The largest absolute Gasteiger partial charge is 0.466 e. The summed E-state index contributed by atoms with van der Waals surface area (Å²) in [5, 5.41) is 0. The summed E-state index contributed by atoms with van der Waals surface area (Å²) in [6, 6.07) is 0. The van der Waals surface area contributed by atoms with E-state index in [2.05, 4.69) is 30.9 Å². The Morgan fingerprint density at radius 2 is 2.19 bits per heavy atom. The van der Waals surface area contributed by atoms with Crippen molar-refractivity contribution >= 4 is 5.97 Å². The van der Waals surface area contributed by atoms with E-state index in [-0.39, 0.29) is 5.97 Å². The Balaban J connectivity index is 2.70. The van der Waals surface area contributed by atoms with Crippen LogP contribution in [0.4, 0.5) is 0 Å². The fourth-order valence-corrected chi connectivity index (χ4v) is 2.92. The van der Waals surface area contributed by atoms with Gasteiger partial charge in [0.2, 0.25) is 0 Å². The van der Waals surface area contributed by atoms with E-state index in [9.17, 15) is 4.79 Å². The standard InChI is InChI=1S/C17H31NO3/c1-5-21-16(19)17(10-13-20-4)9-7-12-18(14-17)11-6-8-15(2)3/h6,8,15H,5,7,9-14H2,1-4H3/b8-6+. The van der Waals surface area contributed by atoms with E-state index in [4.69, 9.17) is 9.47 Å². The first-order valence-corrected chi connectivity index (χ1v) is 8.09. The maximum Gasteiger partial charge on any atom is 0.313 e. The van der Waals surface area contributed by atoms with Gasteiger partial charge in [0.25, 0.3) is 0 Å². The van der Waals surface area contributed by atoms with Gasteiger partial charge >= 0.3 is 5.97 Å². The molecular formula is C17H31NO3. The van der Waals surface area contributed by atoms with Crippen LogP contribution in [0.2, 0.25) is 0 Å². The van der Waals surface area contributed by atoms with Crippen LogP contribution >= 0.6 is 0 Å². The lowest BCUT2D eigenvalue weighted by Gasteiger charge is -2.40. The summed E-state index contributed by atoms with van der Waals surface area (Å²) in [7, 11) is 1.69. The number of hydrogen-bond acceptors (Lipinski definition) is 4. The lowest BCUT2D eigenvalue weighted by atomic mass is 9.77. The van der Waals surface area contributed by atoms with Crippen LogP contribution in [-0.4, -0.2) is 50.8 Å². The molecule has 1 aliphatic rings. The third-order valence-electron chi connectivity index (χ3n) is 4.03. The van der Waals surface area contributed by atoms with Crippen molar-refractivity contribution in [2.75, 3.05) is 40.0 Å². The summed E-state index contributed by atoms with van der Waals surface area (Å²) in [6.07, 6.45) is 7.11. The Morgan fingerprint density at radius 3 is 2.81 bits per heavy atom. The quantitative estimate of drug-likeness (QED) is 0.510. The monoisotopic (exact) mass is 297 g/mol. The van der Waals surface area contributed by atoms with Gasteiger partial charge in [-0.3, -0.25) is 9.69 Å². The molecule has 0 spiro atoms. The van der Waals surface area contributed by atoms with Crippen molar-refractivity contribution in [3.05, 3.63) is 12.2 Å². The third-order valence-corrected chi connectivity index (χ3v) is 4.03. The molecule has 0 amide bonds. The van der Waals surface area contributed by atoms with Crippen molar-refractivity contribution in [1.82, 2.24) is 4.90 Å². The molecule has 4 nitrogen and oxygen atoms in total. The van der Waals surface area contributed by atoms with Gasteiger partial charge in [0.15, 0.2) is 0 Å². The molecule has 0 aliphatic carbocycles. The van der Waals surface area contributed by atoms with E-state index in [1.807, 2.05) is 6.92 Å². The van der Waals surface area contributed by atoms with Crippen LogP contribution in [0, 0.1) is 11.3 Å². The molecule has 1 fully saturated rings. The predicted octanol–water partition coefficient (Wildman–Crippen LogP) is 2.88. The van der Waals surface area contributed by atoms with Gasteiger partial charge < -0.3 is 9.47 Å². The molecule has 1 heterocycles. The second-order valence-corrected chi connectivity index (χ2v) is 6.25. The maximum absolute atomic E-state index is 12.4. The van der Waals surface area contributed by atoms with E-state index in [0.29, 0.717) is 19.1 Å². The first kappa shape index (κ1) is 18.2. The number of esters is 1. The zero-order valence-corrected chi connectivity index (χ0v) is 14.1. The second-order valence-electron chi connectivity index (χ2n) is 6.25. The average Bonchev–Trinajstić information content (AvgIpc) is 2.45. The predicted molar refractivity (Wildman–Crippen MR) is 85.2 cm³/mol. The third kappa shape index (κ3) is 5.79. The first-order chi connectivity index (χ1) is 10.0. The van der Waals surface area contributed by atoms with Gasteiger partial charge in [-0.15, -0.1) is 0 Å². The van der Waals surface area contributed by atoms with E-state index < -0.39 is 5.41 Å². The minimum atomic E-state index is -0.393. The molecule has 122 valence electrons. The summed E-state index contributed by atoms with van der Waals surface area (Å²) < 4.78 is 10.5. The Kier molecular flexibility index (Phi) is 7.97. The fraction of sp³-hybridized carbons (Fsp3) is 0.824. The maximum atomic E-state index is 12.4. The minimum Gasteiger partial charge on any atom is -0.466 e. The molecule has 1 atom stereocenters. The lowest BCUT2D eigenvalue weighted by Crippen LogP contribution is -2.49. The zero-order chi connectivity index (χ0) is 15.7. The summed E-state index contributed by atoms with van der Waals surface area (Å²) in [5.41, 5.74) is -0.393. The van der Waals surface area contributed by atoms with Crippen molar-refractivity contribution in [3.63, 3.8) is 0 Å². The lowest BCUT2D eigenvalue weighted by molar-refractivity contribution is -0.160. The summed E-state index contributed by atoms with van der Waals surface area (Å²) in [4.78, 5) is 14.8. The number of rotatable bonds is 8. The second kappa shape index (κ2) is 9.21. The number of carbonyl (C=O) groups is 1. The highest BCUT2D eigenvalue weighted by Crippen LogP contribution is 2.35. The number of piperidine rings is 1. The highest BCUT2D eigenvalue weighted by atomic mass is 16.5. The molecule has 0 saturated carbocycles. The molecule has 1 rings (SSSR count). The average molecular weight is 297 g/mol. The molecule has 0 aromatic heterocycles. The van der Waals surface area contributed by atoms with Crippen molar-refractivity contribution in [3.8, 4) is 0 Å². The smallest absolute Gasteiger partial charge is 0.313 e. The van der Waals surface area contributed by atoms with Crippen molar-refractivity contribution in [1.29, 1.82) is 0 Å². The van der Waals surface area contributed by atoms with Crippen molar-refractivity contribution in [2.24, 2.45) is 11.3 Å². The number of ether oxygens (including phenoxy) is 2. The van der Waals surface area contributed by atoms with E-state index in [0.717, 1.165) is 38.9 Å². The van der Waals surface area contributed by atoms with Gasteiger partial charge in [0.05, 0.1) is 12.0 Å². The molecule has 0 radical (unpaired) electrons. The molecule has 0 N–H and O–H groups in total. The van der Waals surface area contributed by atoms with Crippen LogP contribution in [0.15, 0.2) is 12.2 Å². The Hall–Kier alpha value is -0.870. The minimum absolute atomic E-state index is 0.0559. The van der Waals surface area contributed by atoms with Crippen LogP contribution in [0.3, 0.4) is 0 Å². The molecule has 21 heavy (non-hydrogen) atoms. The van der Waals surface area contributed by atoms with Crippen LogP contribution in [0.5, 0.6) is 0 Å². The number of hydrogen-bond donors (Lipinski definition) is 0. The van der Waals surface area contributed by atoms with Gasteiger partial charge in [-0.05, 0) is 38.6 Å². The number of carbonyl (C=O) groups excluding carboxylic acids is 1. The van der Waals surface area contributed by atoms with Gasteiger partial charge in [-0.25, -0.2) is 0 Å². The van der Waals surface area contributed by atoms with E-state index in [1.165, 1.54) is 0 Å². The highest BCUT2D eigenvalue weighted by molar-refractivity contribution is 5.77. The number of nitrogens with zero attached hydrogens (tertiary/aromatic N) is 1. The molecule has 0 aromatic carbocycles. The van der Waals surface area contributed by atoms with Gasteiger partial charge in [0, 0.05) is 26.8 Å². The van der Waals surface area contributed by atoms with Crippen LogP contribution < -0.4 is 0 Å². The summed E-state index contributed by atoms with van der Waals surface area (Å²) >= 11 is 0. The number of methoxy groups -OCH3 is 1.